The maximum absolute atomic E-state index is 15.3. The predicted molar refractivity (Wildman–Crippen MR) is 444 cm³/mol. The van der Waals surface area contributed by atoms with Gasteiger partial charge >= 0.3 is 23.9 Å². The number of H-pyrrole nitrogens is 2. The van der Waals surface area contributed by atoms with Crippen molar-refractivity contribution in [2.24, 2.45) is 17.6 Å². The van der Waals surface area contributed by atoms with Crippen LogP contribution in [0.15, 0.2) is 91.3 Å². The standard InChI is InChI=1S/C80H107N17O23S2/c1-39(2)28-52(87-68(107)48(81)32-63(101)102)71(110)92-57(36-98)73(112)85-42(6)67(106)95-65(40(3)4)77(116)93-58(37-121)74(113)88-53(30-44-34-82-49-20-12-10-18-46(44)49)70(109)84-41(5)66(105)90-55(29-43-16-8-7-9-17-43)78(117)96-26-15-23-61(96)76(115)89-54(31-45-35-83-50-21-13-11-19-47(45)50)72(111)91-56(33-64(103)104)79(118)97-27-14-22-60(97)75(114)86-51(24-25-62(99)100)69(108)94-59(38-122)80(119)120/h7-13,16-21,34-35,39-42,48,51-61,65,82-83,98,121-122H,14-15,22-33,36-38,81H2,1-6H3,(H,84,109)(H,85,112)(H,86,114)(H,87,107)(H,88,113)(H,89,115)(H,90,105)(H,91,111)(H,92,110)(H,93,116)(H,94,108)(H,95,106)(H,99,100)(H,101,102)(H,103,104)(H,119,120)/t41-,42-,48-,51-,52-,53-,54-,55-,56-,57-,58-,59-,60-,61-,65-/m0/s1. The highest BCUT2D eigenvalue weighted by Crippen LogP contribution is 2.26. The predicted octanol–water partition coefficient (Wildman–Crippen LogP) is -2.70. The van der Waals surface area contributed by atoms with Crippen molar-refractivity contribution in [2.45, 2.75) is 209 Å². The number of rotatable bonds is 46. The Kier molecular flexibility index (Phi) is 36.6. The van der Waals surface area contributed by atoms with Crippen LogP contribution in [0.3, 0.4) is 0 Å². The number of nitrogens with zero attached hydrogens (tertiary/aromatic N) is 2. The number of carbonyl (C=O) groups is 18. The van der Waals surface area contributed by atoms with E-state index in [0.29, 0.717) is 38.5 Å². The largest absolute Gasteiger partial charge is 0.481 e. The molecule has 2 fully saturated rings. The molecule has 42 heteroatoms. The molecule has 21 N–H and O–H groups in total. The summed E-state index contributed by atoms with van der Waals surface area (Å²) in [5.41, 5.74) is 8.51. The molecule has 2 aliphatic rings. The number of carboxylic acid groups (broad SMARTS) is 4. The lowest BCUT2D eigenvalue weighted by Gasteiger charge is -2.31. The summed E-state index contributed by atoms with van der Waals surface area (Å²) in [7, 11) is 0. The average molecular weight is 1740 g/mol. The minimum atomic E-state index is -1.91. The van der Waals surface area contributed by atoms with Crippen LogP contribution < -0.4 is 69.5 Å². The van der Waals surface area contributed by atoms with Gasteiger partial charge in [-0.15, -0.1) is 0 Å². The highest BCUT2D eigenvalue weighted by molar-refractivity contribution is 7.80. The van der Waals surface area contributed by atoms with Crippen LogP contribution in [0, 0.1) is 11.8 Å². The summed E-state index contributed by atoms with van der Waals surface area (Å²) in [5, 5.41) is 79.7. The van der Waals surface area contributed by atoms with Crippen LogP contribution in [0.5, 0.6) is 0 Å². The number of likely N-dealkylation sites (tertiary alicyclic amines) is 2. The lowest BCUT2D eigenvalue weighted by molar-refractivity contribution is -0.146. The summed E-state index contributed by atoms with van der Waals surface area (Å²) in [6, 6.07) is -0.411. The summed E-state index contributed by atoms with van der Waals surface area (Å²) < 4.78 is 0. The van der Waals surface area contributed by atoms with E-state index in [1.807, 2.05) is 0 Å². The zero-order valence-electron chi connectivity index (χ0n) is 67.9. The number of fused-ring (bicyclic) bond motifs is 2. The topological polar surface area (TPSA) is 617 Å². The van der Waals surface area contributed by atoms with Crippen LogP contribution in [0.2, 0.25) is 0 Å². The van der Waals surface area contributed by atoms with E-state index >= 15 is 9.59 Å². The van der Waals surface area contributed by atoms with Gasteiger partial charge < -0.3 is 115 Å². The van der Waals surface area contributed by atoms with Crippen LogP contribution in [-0.4, -0.2) is 274 Å². The van der Waals surface area contributed by atoms with Gasteiger partial charge in [-0.25, -0.2) is 4.79 Å². The number of nitrogens with two attached hydrogens (primary N) is 1. The van der Waals surface area contributed by atoms with E-state index in [2.05, 4.69) is 99.0 Å². The third-order valence-electron chi connectivity index (χ3n) is 20.6. The molecule has 2 saturated heterocycles. The molecule has 0 unspecified atom stereocenters. The molecule has 662 valence electrons. The van der Waals surface area contributed by atoms with E-state index in [1.165, 1.54) is 18.7 Å². The third-order valence-corrected chi connectivity index (χ3v) is 21.3. The number of aliphatic hydroxyl groups excluding tert-OH is 1. The van der Waals surface area contributed by atoms with Crippen molar-refractivity contribution in [2.75, 3.05) is 31.2 Å². The molecule has 3 aromatic carbocycles. The third kappa shape index (κ3) is 27.7. The fourth-order valence-corrected chi connectivity index (χ4v) is 14.5. The van der Waals surface area contributed by atoms with Gasteiger partial charge in [0.05, 0.1) is 25.5 Å². The molecule has 122 heavy (non-hydrogen) atoms. The molecule has 0 bridgehead atoms. The zero-order valence-corrected chi connectivity index (χ0v) is 69.7. The normalized spacial score (nSPS) is 17.0. The Bertz CT molecular complexity index is 4640. The molecule has 2 aliphatic heterocycles. The molecule has 0 aliphatic carbocycles. The van der Waals surface area contributed by atoms with Crippen LogP contribution in [-0.2, 0) is 106 Å². The molecule has 4 heterocycles. The fourth-order valence-electron chi connectivity index (χ4n) is 14.0. The second-order valence-corrected chi connectivity index (χ2v) is 31.4. The van der Waals surface area contributed by atoms with Crippen molar-refractivity contribution in [1.82, 2.24) is 83.6 Å². The number of carbonyl (C=O) groups excluding carboxylic acids is 14. The number of nitrogens with one attached hydrogen (secondary N) is 14. The Morgan fingerprint density at radius 2 is 0.852 bits per heavy atom. The lowest BCUT2D eigenvalue weighted by Crippen LogP contribution is -2.61. The van der Waals surface area contributed by atoms with Crippen LogP contribution >= 0.6 is 25.3 Å². The number of aromatic amines is 2. The first-order valence-electron chi connectivity index (χ1n) is 39.7. The maximum Gasteiger partial charge on any atom is 0.327 e. The van der Waals surface area contributed by atoms with E-state index in [1.54, 1.807) is 119 Å². The Balaban J connectivity index is 1.06. The van der Waals surface area contributed by atoms with Crippen molar-refractivity contribution < 1.29 is 112 Å². The van der Waals surface area contributed by atoms with Crippen molar-refractivity contribution >= 4 is 154 Å². The highest BCUT2D eigenvalue weighted by Gasteiger charge is 2.44. The number of para-hydroxylation sites is 2. The quantitative estimate of drug-likeness (QED) is 0.0176. The monoisotopic (exact) mass is 1740 g/mol. The van der Waals surface area contributed by atoms with Crippen molar-refractivity contribution in [3.8, 4) is 0 Å². The number of carboxylic acids is 4. The first-order valence-corrected chi connectivity index (χ1v) is 41.0. The average Bonchev–Trinajstić information content (AvgIpc) is 1.63. The van der Waals surface area contributed by atoms with Gasteiger partial charge in [0.25, 0.3) is 0 Å². The van der Waals surface area contributed by atoms with Crippen molar-refractivity contribution in [3.63, 3.8) is 0 Å². The number of hydrogen-bond donors (Lipinski definition) is 22. The van der Waals surface area contributed by atoms with E-state index in [4.69, 9.17) is 10.8 Å². The van der Waals surface area contributed by atoms with E-state index in [9.17, 15) is 97.1 Å². The summed E-state index contributed by atoms with van der Waals surface area (Å²) in [4.78, 5) is 254. The molecule has 15 atom stereocenters. The Morgan fingerprint density at radius 1 is 0.434 bits per heavy atom. The summed E-state index contributed by atoms with van der Waals surface area (Å²) in [6.45, 7) is 7.91. The van der Waals surface area contributed by atoms with Gasteiger partial charge in [-0.2, -0.15) is 25.3 Å². The molecule has 40 nitrogen and oxygen atoms in total. The summed E-state index contributed by atoms with van der Waals surface area (Å²) >= 11 is 8.29. The lowest BCUT2D eigenvalue weighted by atomic mass is 10.0. The number of aromatic nitrogens is 2. The van der Waals surface area contributed by atoms with Crippen LogP contribution in [0.4, 0.5) is 0 Å². The zero-order chi connectivity index (χ0) is 89.9. The molecule has 7 rings (SSSR count). The molecule has 0 spiro atoms. The molecular formula is C80H107N17O23S2. The molecule has 0 saturated carbocycles. The summed E-state index contributed by atoms with van der Waals surface area (Å²) in [5.74, 6) is -20.9. The van der Waals surface area contributed by atoms with E-state index < -0.39 is 235 Å². The first kappa shape index (κ1) is 96.9. The number of hydrogen-bond acceptors (Lipinski definition) is 22. The SMILES string of the molecule is CC(C)C[C@H](NC(=O)[C@@H](N)CC(=O)O)C(=O)N[C@@H](CO)C(=O)N[C@@H](C)C(=O)N[C@H](C(=O)N[C@@H](CS)C(=O)N[C@@H](Cc1c[nH]c2ccccc12)C(=O)N[C@@H](C)C(=O)N[C@@H](Cc1ccccc1)C(=O)N1CCC[C@H]1C(=O)N[C@@H](Cc1c[nH]c2ccccc12)C(=O)N[C@@H](CC(=O)O)C(=O)N1CCC[C@H]1C(=O)N[C@@H](CCC(=O)O)C(=O)N[C@@H](CS)C(=O)O)C(C)C. The number of amides is 14. The van der Waals surface area contributed by atoms with E-state index in [0.717, 1.165) is 4.90 Å². The molecular weight excluding hydrogens is 1630 g/mol. The van der Waals surface area contributed by atoms with Gasteiger partial charge in [-0.05, 0) is 93.0 Å². The molecule has 2 aromatic heterocycles. The minimum Gasteiger partial charge on any atom is -0.481 e. The van der Waals surface area contributed by atoms with Gasteiger partial charge in [-0.3, -0.25) is 81.5 Å². The smallest absolute Gasteiger partial charge is 0.327 e. The number of thiol groups is 2. The fraction of sp³-hybridized carbons (Fsp3) is 0.500. The first-order chi connectivity index (χ1) is 57.8. The van der Waals surface area contributed by atoms with Crippen LogP contribution in [0.25, 0.3) is 21.8 Å². The van der Waals surface area contributed by atoms with Gasteiger partial charge in [0.1, 0.15) is 84.6 Å². The number of aliphatic hydroxyl groups is 1. The molecule has 14 amide bonds. The summed E-state index contributed by atoms with van der Waals surface area (Å²) in [6.07, 6.45) is -0.114. The van der Waals surface area contributed by atoms with Gasteiger partial charge in [0.15, 0.2) is 0 Å². The second-order valence-electron chi connectivity index (χ2n) is 30.7. The van der Waals surface area contributed by atoms with Crippen LogP contribution in [0.1, 0.15) is 116 Å². The molecule has 5 aromatic rings. The Hall–Kier alpha value is -12.2. The Morgan fingerprint density at radius 3 is 1.35 bits per heavy atom. The molecule has 0 radical (unpaired) electrons. The van der Waals surface area contributed by atoms with Crippen molar-refractivity contribution in [3.05, 3.63) is 108 Å². The Labute approximate surface area is 711 Å². The van der Waals surface area contributed by atoms with E-state index in [-0.39, 0.29) is 81.9 Å². The van der Waals surface area contributed by atoms with Gasteiger partial charge in [0.2, 0.25) is 82.7 Å². The minimum absolute atomic E-state index is 0.00765. The van der Waals surface area contributed by atoms with Gasteiger partial charge in [0, 0.05) is 84.5 Å². The van der Waals surface area contributed by atoms with Crippen molar-refractivity contribution in [1.29, 1.82) is 0 Å². The van der Waals surface area contributed by atoms with Gasteiger partial charge in [-0.1, -0.05) is 94.4 Å². The highest BCUT2D eigenvalue weighted by atomic mass is 32.1. The second kappa shape index (κ2) is 46.0. The number of benzene rings is 3. The maximum atomic E-state index is 15.3. The number of aliphatic carboxylic acids is 4.